The smallest absolute Gasteiger partial charge is 0.269 e. The Morgan fingerprint density at radius 1 is 0.851 bits per heavy atom. The summed E-state index contributed by atoms with van der Waals surface area (Å²) >= 11 is 13.2. The average molecular weight is 694 g/mol. The topological polar surface area (TPSA) is 114 Å². The van der Waals surface area contributed by atoms with Gasteiger partial charge in [-0.1, -0.05) is 59.1 Å². The lowest BCUT2D eigenvalue weighted by Gasteiger charge is -2.23. The molecule has 0 unspecified atom stereocenters. The molecule has 0 aliphatic heterocycles. The SMILES string of the molecule is Cc1ccc(CN(c2ncn[nH]2)S(=O)(=O)c2cc(Cl)c(Oc3cc(-c4ccc(F)cc4)c(Cl)cc3-c3ccnnc3)cc2F)c(C)c1. The van der Waals surface area contributed by atoms with E-state index in [1.807, 2.05) is 26.0 Å². The number of aromatic amines is 1. The van der Waals surface area contributed by atoms with Crippen LogP contribution in [-0.4, -0.2) is 33.8 Å². The molecule has 9 nitrogen and oxygen atoms in total. The van der Waals surface area contributed by atoms with Crippen molar-refractivity contribution in [2.75, 3.05) is 4.31 Å². The van der Waals surface area contributed by atoms with Gasteiger partial charge in [-0.2, -0.15) is 20.3 Å². The summed E-state index contributed by atoms with van der Waals surface area (Å²) in [7, 11) is -4.57. The van der Waals surface area contributed by atoms with Crippen molar-refractivity contribution in [3.63, 3.8) is 0 Å². The second kappa shape index (κ2) is 13.1. The fourth-order valence-electron chi connectivity index (χ4n) is 4.96. The number of benzene rings is 4. The van der Waals surface area contributed by atoms with E-state index in [9.17, 15) is 12.8 Å². The highest BCUT2D eigenvalue weighted by Gasteiger charge is 2.32. The predicted molar refractivity (Wildman–Crippen MR) is 175 cm³/mol. The molecular weight excluding hydrogens is 669 g/mol. The van der Waals surface area contributed by atoms with E-state index in [0.717, 1.165) is 33.9 Å². The third-order valence-corrected chi connectivity index (χ3v) is 9.70. The van der Waals surface area contributed by atoms with Crippen molar-refractivity contribution in [3.8, 4) is 33.8 Å². The van der Waals surface area contributed by atoms with Crippen molar-refractivity contribution < 1.29 is 21.9 Å². The highest BCUT2D eigenvalue weighted by atomic mass is 35.5. The highest BCUT2D eigenvalue weighted by molar-refractivity contribution is 7.92. The number of nitrogens with one attached hydrogen (secondary N) is 1. The number of aromatic nitrogens is 5. The van der Waals surface area contributed by atoms with E-state index in [1.165, 1.54) is 24.5 Å². The van der Waals surface area contributed by atoms with Gasteiger partial charge in [0.15, 0.2) is 0 Å². The van der Waals surface area contributed by atoms with E-state index < -0.39 is 26.6 Å². The van der Waals surface area contributed by atoms with Gasteiger partial charge in [0.2, 0.25) is 5.95 Å². The Labute approximate surface area is 278 Å². The van der Waals surface area contributed by atoms with E-state index in [-0.39, 0.29) is 29.0 Å². The Kier molecular flexibility index (Phi) is 8.91. The Morgan fingerprint density at radius 3 is 2.32 bits per heavy atom. The van der Waals surface area contributed by atoms with Gasteiger partial charge < -0.3 is 4.74 Å². The summed E-state index contributed by atoms with van der Waals surface area (Å²) in [5.41, 5.74) is 4.66. The maximum atomic E-state index is 15.9. The number of rotatable bonds is 9. The first kappa shape index (κ1) is 32.0. The third kappa shape index (κ3) is 6.66. The van der Waals surface area contributed by atoms with Gasteiger partial charge in [0.1, 0.15) is 34.4 Å². The molecule has 2 aromatic heterocycles. The Bertz CT molecular complexity index is 2190. The van der Waals surface area contributed by atoms with Gasteiger partial charge in [0.05, 0.1) is 24.0 Å². The first-order valence-corrected chi connectivity index (χ1v) is 16.2. The number of anilines is 1. The van der Waals surface area contributed by atoms with Crippen molar-refractivity contribution in [1.82, 2.24) is 25.4 Å². The minimum atomic E-state index is -4.57. The van der Waals surface area contributed by atoms with Crippen LogP contribution in [0.2, 0.25) is 10.0 Å². The molecule has 14 heteroatoms. The second-order valence-electron chi connectivity index (χ2n) is 10.5. The number of nitrogens with zero attached hydrogens (tertiary/aromatic N) is 5. The van der Waals surface area contributed by atoms with Crippen LogP contribution in [0.25, 0.3) is 22.3 Å². The summed E-state index contributed by atoms with van der Waals surface area (Å²) in [6.07, 6.45) is 4.12. The van der Waals surface area contributed by atoms with Crippen LogP contribution in [0.4, 0.5) is 14.7 Å². The summed E-state index contributed by atoms with van der Waals surface area (Å²) in [6, 6.07) is 18.0. The van der Waals surface area contributed by atoms with Crippen molar-refractivity contribution in [2.45, 2.75) is 25.3 Å². The van der Waals surface area contributed by atoms with Crippen LogP contribution in [0.1, 0.15) is 16.7 Å². The van der Waals surface area contributed by atoms with Gasteiger partial charge in [0, 0.05) is 27.8 Å². The molecule has 47 heavy (non-hydrogen) atoms. The van der Waals surface area contributed by atoms with E-state index in [0.29, 0.717) is 32.8 Å². The van der Waals surface area contributed by atoms with Gasteiger partial charge in [-0.3, -0.25) is 0 Å². The average Bonchev–Trinajstić information content (AvgIpc) is 3.58. The van der Waals surface area contributed by atoms with Gasteiger partial charge in [-0.05, 0) is 66.9 Å². The second-order valence-corrected chi connectivity index (χ2v) is 13.2. The fraction of sp³-hybridized carbons (Fsp3) is 0.0909. The number of hydrogen-bond acceptors (Lipinski definition) is 7. The zero-order valence-corrected chi connectivity index (χ0v) is 27.1. The molecule has 1 N–H and O–H groups in total. The van der Waals surface area contributed by atoms with Crippen LogP contribution >= 0.6 is 23.2 Å². The molecule has 0 bridgehead atoms. The summed E-state index contributed by atoms with van der Waals surface area (Å²) < 4.78 is 64.6. The van der Waals surface area contributed by atoms with Crippen LogP contribution < -0.4 is 9.04 Å². The first-order chi connectivity index (χ1) is 22.5. The molecule has 0 radical (unpaired) electrons. The molecule has 0 atom stereocenters. The number of sulfonamides is 1. The predicted octanol–water partition coefficient (Wildman–Crippen LogP) is 8.32. The fourth-order valence-corrected chi connectivity index (χ4v) is 6.93. The molecule has 0 saturated carbocycles. The number of halogens is 4. The first-order valence-electron chi connectivity index (χ1n) is 14.0. The molecule has 238 valence electrons. The van der Waals surface area contributed by atoms with Crippen LogP contribution in [-0.2, 0) is 16.6 Å². The molecule has 6 aromatic rings. The zero-order valence-electron chi connectivity index (χ0n) is 24.7. The molecule has 0 aliphatic rings. The summed E-state index contributed by atoms with van der Waals surface area (Å²) in [6.45, 7) is 3.62. The number of hydrogen-bond donors (Lipinski definition) is 1. The number of aryl methyl sites for hydroxylation is 2. The van der Waals surface area contributed by atoms with E-state index in [2.05, 4.69) is 25.4 Å². The zero-order chi connectivity index (χ0) is 33.3. The van der Waals surface area contributed by atoms with E-state index >= 15 is 4.39 Å². The molecule has 0 saturated heterocycles. The van der Waals surface area contributed by atoms with Crippen LogP contribution in [0.15, 0.2) is 96.4 Å². The molecule has 0 aliphatic carbocycles. The van der Waals surface area contributed by atoms with Crippen molar-refractivity contribution in [3.05, 3.63) is 130 Å². The maximum absolute atomic E-state index is 15.9. The molecule has 2 heterocycles. The van der Waals surface area contributed by atoms with Crippen LogP contribution in [0.3, 0.4) is 0 Å². The number of ether oxygens (including phenoxy) is 1. The van der Waals surface area contributed by atoms with Gasteiger partial charge in [-0.15, -0.1) is 0 Å². The standard InChI is InChI=1S/C33H24Cl2F2N6O3S/c1-19-3-4-23(20(2)11-19)17-43(33-38-18-41-42-33)47(44,45)32-14-28(35)31(15-29(32)37)46-30-13-25(21-5-7-24(36)8-6-21)27(34)12-26(30)22-9-10-39-40-16-22/h3-16,18H,17H2,1-2H3,(H,38,41,42). The monoisotopic (exact) mass is 692 g/mol. The Hall–Kier alpha value is -4.91. The summed E-state index contributed by atoms with van der Waals surface area (Å²) in [4.78, 5) is 3.32. The Morgan fingerprint density at radius 2 is 1.64 bits per heavy atom. The van der Waals surface area contributed by atoms with Crippen LogP contribution in [0.5, 0.6) is 11.5 Å². The molecule has 0 amide bonds. The van der Waals surface area contributed by atoms with Gasteiger partial charge in [-0.25, -0.2) is 26.6 Å². The van der Waals surface area contributed by atoms with Gasteiger partial charge >= 0.3 is 0 Å². The molecule has 0 spiro atoms. The highest BCUT2D eigenvalue weighted by Crippen LogP contribution is 2.43. The minimum absolute atomic E-state index is 0.106. The van der Waals surface area contributed by atoms with E-state index in [4.69, 9.17) is 27.9 Å². The maximum Gasteiger partial charge on any atom is 0.269 e. The van der Waals surface area contributed by atoms with Crippen molar-refractivity contribution in [2.24, 2.45) is 0 Å². The molecule has 4 aromatic carbocycles. The largest absolute Gasteiger partial charge is 0.455 e. The Balaban J connectivity index is 1.41. The third-order valence-electron chi connectivity index (χ3n) is 7.34. The lowest BCUT2D eigenvalue weighted by Crippen LogP contribution is -2.32. The molecule has 6 rings (SSSR count). The quantitative estimate of drug-likeness (QED) is 0.162. The van der Waals surface area contributed by atoms with Crippen LogP contribution in [0, 0.1) is 25.5 Å². The molecule has 0 fully saturated rings. The van der Waals surface area contributed by atoms with Gasteiger partial charge in [0.25, 0.3) is 10.0 Å². The van der Waals surface area contributed by atoms with E-state index in [1.54, 1.807) is 36.4 Å². The lowest BCUT2D eigenvalue weighted by atomic mass is 10.00. The molecular formula is C33H24Cl2F2N6O3S. The minimum Gasteiger partial charge on any atom is -0.455 e. The summed E-state index contributed by atoms with van der Waals surface area (Å²) in [5.74, 6) is -1.62. The van der Waals surface area contributed by atoms with Crippen molar-refractivity contribution >= 4 is 39.2 Å². The summed E-state index contributed by atoms with van der Waals surface area (Å²) in [5, 5.41) is 14.2. The normalized spacial score (nSPS) is 11.4. The van der Waals surface area contributed by atoms with Crippen molar-refractivity contribution in [1.29, 1.82) is 0 Å². The lowest BCUT2D eigenvalue weighted by molar-refractivity contribution is 0.475. The number of H-pyrrole nitrogens is 1.